The van der Waals surface area contributed by atoms with Gasteiger partial charge in [0.1, 0.15) is 12.3 Å². The monoisotopic (exact) mass is 404 g/mol. The third kappa shape index (κ3) is 4.72. The van der Waals surface area contributed by atoms with Crippen molar-refractivity contribution in [3.8, 4) is 5.75 Å². The fourth-order valence-electron chi connectivity index (χ4n) is 2.85. The number of carbonyl (C=O) groups excluding carboxylic acids is 4. The van der Waals surface area contributed by atoms with Gasteiger partial charge in [-0.25, -0.2) is 4.79 Å². The summed E-state index contributed by atoms with van der Waals surface area (Å²) in [6.07, 6.45) is 3.50. The van der Waals surface area contributed by atoms with Crippen molar-refractivity contribution in [1.29, 1.82) is 0 Å². The Kier molecular flexibility index (Phi) is 6.35. The molecule has 9 heteroatoms. The highest BCUT2D eigenvalue weighted by molar-refractivity contribution is 8.18. The first kappa shape index (κ1) is 19.9. The van der Waals surface area contributed by atoms with Crippen LogP contribution in [0.25, 0.3) is 6.08 Å². The third-order valence-electron chi connectivity index (χ3n) is 4.39. The van der Waals surface area contributed by atoms with Gasteiger partial charge in [-0.1, -0.05) is 12.1 Å². The number of esters is 1. The number of hydrogen-bond donors (Lipinski definition) is 0. The number of imide groups is 1. The lowest BCUT2D eigenvalue weighted by atomic mass is 10.2. The van der Waals surface area contributed by atoms with Crippen LogP contribution in [0.5, 0.6) is 5.75 Å². The van der Waals surface area contributed by atoms with Gasteiger partial charge >= 0.3 is 5.97 Å². The van der Waals surface area contributed by atoms with Crippen LogP contribution in [0.2, 0.25) is 0 Å². The van der Waals surface area contributed by atoms with Gasteiger partial charge in [-0.05, 0) is 48.4 Å². The Labute approximate surface area is 166 Å². The van der Waals surface area contributed by atoms with E-state index in [9.17, 15) is 19.2 Å². The molecule has 0 bridgehead atoms. The highest BCUT2D eigenvalue weighted by atomic mass is 32.2. The lowest BCUT2D eigenvalue weighted by molar-refractivity contribution is -0.142. The summed E-state index contributed by atoms with van der Waals surface area (Å²) in [5.74, 6) is -0.671. The van der Waals surface area contributed by atoms with Gasteiger partial charge in [0.25, 0.3) is 11.1 Å². The van der Waals surface area contributed by atoms with E-state index in [0.29, 0.717) is 24.4 Å². The van der Waals surface area contributed by atoms with Gasteiger partial charge in [0.05, 0.1) is 12.0 Å². The molecule has 8 nitrogen and oxygen atoms in total. The summed E-state index contributed by atoms with van der Waals surface area (Å²) in [4.78, 5) is 50.9. The van der Waals surface area contributed by atoms with E-state index < -0.39 is 17.1 Å². The van der Waals surface area contributed by atoms with Crippen LogP contribution in [0.15, 0.2) is 29.2 Å². The maximum atomic E-state index is 12.5. The van der Waals surface area contributed by atoms with Crippen molar-refractivity contribution in [3.63, 3.8) is 0 Å². The Balaban J connectivity index is 1.62. The summed E-state index contributed by atoms with van der Waals surface area (Å²) in [7, 11) is 1.28. The van der Waals surface area contributed by atoms with E-state index in [4.69, 9.17) is 4.74 Å². The Morgan fingerprint density at radius 2 is 1.82 bits per heavy atom. The number of likely N-dealkylation sites (tertiary alicyclic amines) is 1. The molecule has 0 atom stereocenters. The highest BCUT2D eigenvalue weighted by Crippen LogP contribution is 2.32. The summed E-state index contributed by atoms with van der Waals surface area (Å²) >= 11 is 0.818. The van der Waals surface area contributed by atoms with Gasteiger partial charge in [0.2, 0.25) is 5.91 Å². The molecule has 0 N–H and O–H groups in total. The second-order valence-corrected chi connectivity index (χ2v) is 7.28. The predicted molar refractivity (Wildman–Crippen MR) is 102 cm³/mol. The minimum Gasteiger partial charge on any atom is -0.482 e. The second kappa shape index (κ2) is 8.92. The zero-order chi connectivity index (χ0) is 20.1. The lowest BCUT2D eigenvalue weighted by Crippen LogP contribution is -2.40. The maximum Gasteiger partial charge on any atom is 0.343 e. The molecule has 0 unspecified atom stereocenters. The molecule has 2 aliphatic heterocycles. The van der Waals surface area contributed by atoms with Gasteiger partial charge in [0.15, 0.2) is 6.61 Å². The fraction of sp³-hybridized carbons (Fsp3) is 0.368. The molecule has 28 heavy (non-hydrogen) atoms. The zero-order valence-corrected chi connectivity index (χ0v) is 16.2. The molecule has 1 aromatic rings. The number of rotatable bonds is 6. The van der Waals surface area contributed by atoms with E-state index in [-0.39, 0.29) is 24.0 Å². The highest BCUT2D eigenvalue weighted by Gasteiger charge is 2.37. The van der Waals surface area contributed by atoms with E-state index >= 15 is 0 Å². The number of hydrogen-bond acceptors (Lipinski definition) is 7. The topological polar surface area (TPSA) is 93.2 Å². The third-order valence-corrected chi connectivity index (χ3v) is 5.30. The van der Waals surface area contributed by atoms with Crippen LogP contribution < -0.4 is 4.74 Å². The van der Waals surface area contributed by atoms with Crippen molar-refractivity contribution in [2.45, 2.75) is 12.8 Å². The number of thioether (sulfide) groups is 1. The lowest BCUT2D eigenvalue weighted by Gasteiger charge is -2.18. The van der Waals surface area contributed by atoms with Gasteiger partial charge in [0, 0.05) is 13.1 Å². The minimum atomic E-state index is -0.485. The molecular weight excluding hydrogens is 384 g/mol. The Hall–Kier alpha value is -2.81. The molecule has 2 aliphatic rings. The van der Waals surface area contributed by atoms with Crippen LogP contribution in [-0.4, -0.2) is 66.2 Å². The largest absolute Gasteiger partial charge is 0.482 e. The van der Waals surface area contributed by atoms with Gasteiger partial charge < -0.3 is 14.4 Å². The summed E-state index contributed by atoms with van der Waals surface area (Å²) in [5.41, 5.74) is 0.696. The molecule has 0 spiro atoms. The summed E-state index contributed by atoms with van der Waals surface area (Å²) in [6.45, 7) is 0.937. The number of amides is 3. The molecule has 0 saturated carbocycles. The SMILES string of the molecule is COC(=O)COc1ccc(/C=C2\SC(=O)N(CC(=O)N3CCCC3)C2=O)cc1. The molecule has 2 fully saturated rings. The first-order valence-electron chi connectivity index (χ1n) is 8.81. The van der Waals surface area contributed by atoms with Gasteiger partial charge in [-0.2, -0.15) is 0 Å². The smallest absolute Gasteiger partial charge is 0.343 e. The van der Waals surface area contributed by atoms with Crippen molar-refractivity contribution in [2.24, 2.45) is 0 Å². The number of benzene rings is 1. The molecule has 3 rings (SSSR count). The van der Waals surface area contributed by atoms with Crippen LogP contribution in [-0.2, 0) is 19.1 Å². The van der Waals surface area contributed by atoms with E-state index in [1.54, 1.807) is 35.2 Å². The van der Waals surface area contributed by atoms with Crippen LogP contribution in [0, 0.1) is 0 Å². The van der Waals surface area contributed by atoms with Crippen LogP contribution in [0.1, 0.15) is 18.4 Å². The number of ether oxygens (including phenoxy) is 2. The van der Waals surface area contributed by atoms with E-state index in [1.807, 2.05) is 0 Å². The molecule has 2 saturated heterocycles. The van der Waals surface area contributed by atoms with Crippen molar-refractivity contribution in [2.75, 3.05) is 33.4 Å². The van der Waals surface area contributed by atoms with Crippen molar-refractivity contribution in [1.82, 2.24) is 9.80 Å². The van der Waals surface area contributed by atoms with Crippen LogP contribution in [0.3, 0.4) is 0 Å². The zero-order valence-electron chi connectivity index (χ0n) is 15.4. The predicted octanol–water partition coefficient (Wildman–Crippen LogP) is 1.90. The first-order valence-corrected chi connectivity index (χ1v) is 9.62. The normalized spacial score (nSPS) is 18.1. The average molecular weight is 404 g/mol. The van der Waals surface area contributed by atoms with E-state index in [2.05, 4.69) is 4.74 Å². The minimum absolute atomic E-state index is 0.195. The van der Waals surface area contributed by atoms with Crippen LogP contribution in [0.4, 0.5) is 4.79 Å². The van der Waals surface area contributed by atoms with Crippen LogP contribution >= 0.6 is 11.8 Å². The van der Waals surface area contributed by atoms with Crippen molar-refractivity contribution < 1.29 is 28.7 Å². The number of methoxy groups -OCH3 is 1. The van der Waals surface area contributed by atoms with E-state index in [0.717, 1.165) is 29.5 Å². The Bertz CT molecular complexity index is 814. The summed E-state index contributed by atoms with van der Waals surface area (Å²) in [6, 6.07) is 6.71. The van der Waals surface area contributed by atoms with Gasteiger partial charge in [-0.15, -0.1) is 0 Å². The molecule has 1 aromatic carbocycles. The molecular formula is C19H20N2O6S. The molecule has 0 aromatic heterocycles. The summed E-state index contributed by atoms with van der Waals surface area (Å²) < 4.78 is 9.76. The fourth-order valence-corrected chi connectivity index (χ4v) is 3.69. The number of carbonyl (C=O) groups is 4. The molecule has 3 amide bonds. The Morgan fingerprint density at radius 3 is 2.46 bits per heavy atom. The maximum absolute atomic E-state index is 12.5. The average Bonchev–Trinajstić information content (AvgIpc) is 3.32. The number of nitrogens with zero attached hydrogens (tertiary/aromatic N) is 2. The molecule has 148 valence electrons. The van der Waals surface area contributed by atoms with Gasteiger partial charge in [-0.3, -0.25) is 19.3 Å². The molecule has 2 heterocycles. The van der Waals surface area contributed by atoms with E-state index in [1.165, 1.54) is 7.11 Å². The second-order valence-electron chi connectivity index (χ2n) is 6.29. The standard InChI is InChI=1S/C19H20N2O6S/c1-26-17(23)12-27-14-6-4-13(5-7-14)10-15-18(24)21(19(25)28-15)11-16(22)20-8-2-3-9-20/h4-7,10H,2-3,8-9,11-12H2,1H3/b15-10-. The van der Waals surface area contributed by atoms with Crippen molar-refractivity contribution in [3.05, 3.63) is 34.7 Å². The molecule has 0 radical (unpaired) electrons. The summed E-state index contributed by atoms with van der Waals surface area (Å²) in [5, 5.41) is -0.443. The molecule has 0 aliphatic carbocycles. The quantitative estimate of drug-likeness (QED) is 0.528. The first-order chi connectivity index (χ1) is 13.5. The van der Waals surface area contributed by atoms with Crippen molar-refractivity contribution >= 4 is 40.9 Å². The Morgan fingerprint density at radius 1 is 1.14 bits per heavy atom.